The number of unbranched alkanes of at least 4 members (excludes halogenated alkanes) is 12. The molecule has 148 valence electrons. The minimum Gasteiger partial charge on any atom is -0.289 e. The molecule has 0 amide bonds. The number of benzene rings is 1. The highest BCUT2D eigenvalue weighted by atomic mass is 16.1. The fourth-order valence-electron chi connectivity index (χ4n) is 3.89. The molecule has 27 heavy (non-hydrogen) atoms. The smallest absolute Gasteiger partial charge is 0.189 e. The third-order valence-electron chi connectivity index (χ3n) is 5.58. The largest absolute Gasteiger partial charge is 0.289 e. The first-order chi connectivity index (χ1) is 13.2. The Kier molecular flexibility index (Phi) is 10.1. The molecule has 0 aromatic heterocycles. The molecule has 0 heterocycles. The van der Waals surface area contributed by atoms with Crippen molar-refractivity contribution in [1.82, 2.24) is 0 Å². The average molecular weight is 369 g/mol. The van der Waals surface area contributed by atoms with Gasteiger partial charge in [-0.25, -0.2) is 0 Å². The summed E-state index contributed by atoms with van der Waals surface area (Å²) in [7, 11) is 0. The number of carbonyl (C=O) groups is 2. The quantitative estimate of drug-likeness (QED) is 0.319. The highest BCUT2D eigenvalue weighted by Crippen LogP contribution is 2.24. The Bertz CT molecular complexity index is 627. The van der Waals surface area contributed by atoms with Gasteiger partial charge < -0.3 is 0 Å². The Balaban J connectivity index is 1.50. The van der Waals surface area contributed by atoms with Crippen molar-refractivity contribution in [2.75, 3.05) is 0 Å². The van der Waals surface area contributed by atoms with E-state index in [4.69, 9.17) is 0 Å². The number of rotatable bonds is 14. The number of carbonyl (C=O) groups excluding carboxylic acids is 2. The molecule has 0 radical (unpaired) electrons. The van der Waals surface area contributed by atoms with E-state index in [1.807, 2.05) is 12.1 Å². The topological polar surface area (TPSA) is 34.1 Å². The number of Topliss-reactive ketones (excluding diaryl/α,β-unsaturated/α-hetero) is 1. The van der Waals surface area contributed by atoms with Crippen LogP contribution in [0, 0.1) is 0 Å². The Morgan fingerprint density at radius 2 is 1.11 bits per heavy atom. The molecule has 1 aromatic rings. The first-order valence-electron chi connectivity index (χ1n) is 11.1. The summed E-state index contributed by atoms with van der Waals surface area (Å²) in [5.41, 5.74) is 1.83. The molecule has 1 aliphatic rings. The van der Waals surface area contributed by atoms with Crippen LogP contribution in [-0.2, 0) is 0 Å². The molecular formula is C25H36O2. The summed E-state index contributed by atoms with van der Waals surface area (Å²) in [5.74, 6) is 0.0269. The maximum absolute atomic E-state index is 12.5. The molecule has 2 rings (SSSR count). The van der Waals surface area contributed by atoms with Crippen LogP contribution in [0.4, 0.5) is 0 Å². The van der Waals surface area contributed by atoms with Crippen LogP contribution in [0.2, 0.25) is 0 Å². The molecule has 2 heteroatoms. The molecule has 0 aliphatic heterocycles. The lowest BCUT2D eigenvalue weighted by atomic mass is 9.87. The summed E-state index contributed by atoms with van der Waals surface area (Å²) >= 11 is 0. The number of allylic oxidation sites excluding steroid dienone is 2. The van der Waals surface area contributed by atoms with E-state index in [1.165, 1.54) is 70.6 Å². The molecule has 0 fully saturated rings. The van der Waals surface area contributed by atoms with Crippen LogP contribution in [0.25, 0.3) is 0 Å². The predicted octanol–water partition coefficient (Wildman–Crippen LogP) is 7.47. The van der Waals surface area contributed by atoms with Gasteiger partial charge in [0.1, 0.15) is 0 Å². The zero-order valence-corrected chi connectivity index (χ0v) is 17.1. The molecule has 0 atom stereocenters. The summed E-state index contributed by atoms with van der Waals surface area (Å²) in [6, 6.07) is 7.16. The monoisotopic (exact) mass is 368 g/mol. The van der Waals surface area contributed by atoms with Crippen molar-refractivity contribution in [3.05, 3.63) is 47.0 Å². The Labute approximate surface area is 165 Å². The summed E-state index contributed by atoms with van der Waals surface area (Å²) in [6.07, 6.45) is 19.4. The predicted molar refractivity (Wildman–Crippen MR) is 113 cm³/mol. The SMILES string of the molecule is CCCCCCCCCCCCCCCC1=CC(=O)c2ccccc2C1=O. The van der Waals surface area contributed by atoms with Gasteiger partial charge in [-0.2, -0.15) is 0 Å². The number of hydrogen-bond donors (Lipinski definition) is 0. The van der Waals surface area contributed by atoms with Gasteiger partial charge in [-0.05, 0) is 18.9 Å². The maximum atomic E-state index is 12.5. The first-order valence-corrected chi connectivity index (χ1v) is 11.1. The van der Waals surface area contributed by atoms with Gasteiger partial charge in [-0.3, -0.25) is 9.59 Å². The van der Waals surface area contributed by atoms with Crippen molar-refractivity contribution in [1.29, 1.82) is 0 Å². The Morgan fingerprint density at radius 1 is 0.630 bits per heavy atom. The van der Waals surface area contributed by atoms with Crippen molar-refractivity contribution in [3.8, 4) is 0 Å². The van der Waals surface area contributed by atoms with E-state index in [0.29, 0.717) is 16.7 Å². The van der Waals surface area contributed by atoms with Gasteiger partial charge in [0.15, 0.2) is 11.6 Å². The van der Waals surface area contributed by atoms with Crippen LogP contribution in [0.1, 0.15) is 118 Å². The number of hydrogen-bond acceptors (Lipinski definition) is 2. The second kappa shape index (κ2) is 12.6. The fourth-order valence-corrected chi connectivity index (χ4v) is 3.89. The minimum atomic E-state index is -0.0186. The minimum absolute atomic E-state index is 0.0186. The molecule has 0 N–H and O–H groups in total. The van der Waals surface area contributed by atoms with E-state index in [1.54, 1.807) is 18.2 Å². The van der Waals surface area contributed by atoms with E-state index in [-0.39, 0.29) is 11.6 Å². The van der Waals surface area contributed by atoms with E-state index in [2.05, 4.69) is 6.92 Å². The number of ketones is 2. The van der Waals surface area contributed by atoms with E-state index < -0.39 is 0 Å². The molecule has 2 nitrogen and oxygen atoms in total. The Hall–Kier alpha value is -1.70. The molecule has 0 saturated carbocycles. The third-order valence-corrected chi connectivity index (χ3v) is 5.58. The molecule has 0 bridgehead atoms. The summed E-state index contributed by atoms with van der Waals surface area (Å²) in [6.45, 7) is 2.27. The van der Waals surface area contributed by atoms with Gasteiger partial charge in [-0.1, -0.05) is 108 Å². The van der Waals surface area contributed by atoms with Crippen molar-refractivity contribution in [2.24, 2.45) is 0 Å². The lowest BCUT2D eigenvalue weighted by Gasteiger charge is -2.14. The van der Waals surface area contributed by atoms with E-state index in [9.17, 15) is 9.59 Å². The van der Waals surface area contributed by atoms with E-state index in [0.717, 1.165) is 19.3 Å². The average Bonchev–Trinajstić information content (AvgIpc) is 2.69. The second-order valence-electron chi connectivity index (χ2n) is 7.90. The van der Waals surface area contributed by atoms with Crippen LogP contribution in [0.3, 0.4) is 0 Å². The van der Waals surface area contributed by atoms with Gasteiger partial charge in [0.25, 0.3) is 0 Å². The molecule has 0 saturated heterocycles. The van der Waals surface area contributed by atoms with Crippen LogP contribution in [0.5, 0.6) is 0 Å². The van der Waals surface area contributed by atoms with Gasteiger partial charge >= 0.3 is 0 Å². The van der Waals surface area contributed by atoms with Crippen LogP contribution < -0.4 is 0 Å². The van der Waals surface area contributed by atoms with Gasteiger partial charge in [0.2, 0.25) is 0 Å². The maximum Gasteiger partial charge on any atom is 0.189 e. The normalized spacial score (nSPS) is 13.6. The lowest BCUT2D eigenvalue weighted by Crippen LogP contribution is -2.16. The first kappa shape index (κ1) is 21.6. The van der Waals surface area contributed by atoms with Crippen LogP contribution >= 0.6 is 0 Å². The molecule has 0 unspecified atom stereocenters. The highest BCUT2D eigenvalue weighted by Gasteiger charge is 2.24. The molecule has 1 aromatic carbocycles. The zero-order valence-electron chi connectivity index (χ0n) is 17.1. The van der Waals surface area contributed by atoms with E-state index >= 15 is 0 Å². The van der Waals surface area contributed by atoms with Crippen LogP contribution in [0.15, 0.2) is 35.9 Å². The van der Waals surface area contributed by atoms with Crippen molar-refractivity contribution in [2.45, 2.75) is 96.8 Å². The second-order valence-corrected chi connectivity index (χ2v) is 7.90. The van der Waals surface area contributed by atoms with Gasteiger partial charge in [0, 0.05) is 16.7 Å². The van der Waals surface area contributed by atoms with Crippen molar-refractivity contribution >= 4 is 11.6 Å². The zero-order chi connectivity index (χ0) is 19.3. The lowest BCUT2D eigenvalue weighted by molar-refractivity contribution is 0.0981. The molecule has 0 spiro atoms. The van der Waals surface area contributed by atoms with Gasteiger partial charge in [-0.15, -0.1) is 0 Å². The van der Waals surface area contributed by atoms with Gasteiger partial charge in [0.05, 0.1) is 0 Å². The molecule has 1 aliphatic carbocycles. The molecular weight excluding hydrogens is 332 g/mol. The van der Waals surface area contributed by atoms with Crippen molar-refractivity contribution < 1.29 is 9.59 Å². The fraction of sp³-hybridized carbons (Fsp3) is 0.600. The summed E-state index contributed by atoms with van der Waals surface area (Å²) in [5, 5.41) is 0. The van der Waals surface area contributed by atoms with Crippen LogP contribution in [-0.4, -0.2) is 11.6 Å². The Morgan fingerprint density at radius 3 is 1.67 bits per heavy atom. The third kappa shape index (κ3) is 7.44. The standard InChI is InChI=1S/C25H36O2/c1-2-3-4-5-6-7-8-9-10-11-12-13-14-17-21-20-24(26)22-18-15-16-19-23(22)25(21)27/h15-16,18-20H,2-14,17H2,1H3. The van der Waals surface area contributed by atoms with Crippen molar-refractivity contribution in [3.63, 3.8) is 0 Å². The summed E-state index contributed by atoms with van der Waals surface area (Å²) in [4.78, 5) is 24.6. The number of fused-ring (bicyclic) bond motifs is 1. The summed E-state index contributed by atoms with van der Waals surface area (Å²) < 4.78 is 0. The highest BCUT2D eigenvalue weighted by molar-refractivity contribution is 6.24.